The first kappa shape index (κ1) is 11.7. The van der Waals surface area contributed by atoms with E-state index in [2.05, 4.69) is 25.9 Å². The molecule has 4 N–H and O–H groups in total. The molecule has 0 saturated heterocycles. The van der Waals surface area contributed by atoms with Crippen LogP contribution in [0.3, 0.4) is 0 Å². The number of amidine groups is 1. The summed E-state index contributed by atoms with van der Waals surface area (Å²) >= 11 is 0. The molecule has 19 heavy (non-hydrogen) atoms. The second kappa shape index (κ2) is 4.39. The van der Waals surface area contributed by atoms with Crippen LogP contribution in [0.15, 0.2) is 17.4 Å². The van der Waals surface area contributed by atoms with E-state index < -0.39 is 5.97 Å². The van der Waals surface area contributed by atoms with Crippen molar-refractivity contribution in [1.29, 1.82) is 0 Å². The lowest BCUT2D eigenvalue weighted by Gasteiger charge is -2.20. The molecule has 0 atom stereocenters. The maximum Gasteiger partial charge on any atom is 0.339 e. The Hall–Kier alpha value is -2.35. The third-order valence-corrected chi connectivity index (χ3v) is 3.06. The molecule has 1 saturated carbocycles. The highest BCUT2D eigenvalue weighted by molar-refractivity contribution is 6.03. The molecule has 1 aliphatic heterocycles. The number of nitrogen functional groups attached to an aromatic ring is 1. The molecule has 2 heterocycles. The maximum atomic E-state index is 11.5. The number of rotatable bonds is 3. The van der Waals surface area contributed by atoms with Crippen LogP contribution in [0.2, 0.25) is 0 Å². The summed E-state index contributed by atoms with van der Waals surface area (Å²) in [4.78, 5) is 15.6. The lowest BCUT2D eigenvalue weighted by molar-refractivity contribution is 0.0600. The van der Waals surface area contributed by atoms with E-state index in [-0.39, 0.29) is 0 Å². The quantitative estimate of drug-likeness (QED) is 0.658. The maximum absolute atomic E-state index is 11.5. The summed E-state index contributed by atoms with van der Waals surface area (Å²) in [6.45, 7) is 0. The van der Waals surface area contributed by atoms with Crippen LogP contribution in [0.4, 0.5) is 11.5 Å². The van der Waals surface area contributed by atoms with Gasteiger partial charge in [-0.2, -0.15) is 0 Å². The third-order valence-electron chi connectivity index (χ3n) is 3.06. The lowest BCUT2D eigenvalue weighted by Crippen LogP contribution is -2.42. The van der Waals surface area contributed by atoms with Crippen molar-refractivity contribution in [2.45, 2.75) is 12.8 Å². The van der Waals surface area contributed by atoms with Crippen molar-refractivity contribution in [3.8, 4) is 0 Å². The predicted molar refractivity (Wildman–Crippen MR) is 68.9 cm³/mol. The van der Waals surface area contributed by atoms with E-state index in [1.807, 2.05) is 0 Å². The second-order valence-corrected chi connectivity index (χ2v) is 4.42. The Morgan fingerprint density at radius 1 is 1.58 bits per heavy atom. The van der Waals surface area contributed by atoms with E-state index in [9.17, 15) is 4.79 Å². The Bertz CT molecular complexity index is 554. The molecule has 2 aliphatic rings. The average Bonchev–Trinajstić information content (AvgIpc) is 3.16. The van der Waals surface area contributed by atoms with E-state index in [1.54, 1.807) is 11.1 Å². The zero-order valence-electron chi connectivity index (χ0n) is 10.4. The summed E-state index contributed by atoms with van der Waals surface area (Å²) in [6.07, 6.45) is 3.59. The average molecular weight is 262 g/mol. The van der Waals surface area contributed by atoms with Crippen molar-refractivity contribution in [3.05, 3.63) is 17.8 Å². The van der Waals surface area contributed by atoms with Gasteiger partial charge in [0.1, 0.15) is 17.3 Å². The summed E-state index contributed by atoms with van der Waals surface area (Å²) in [5.41, 5.74) is 12.4. The molecular formula is C11H14N6O2. The monoisotopic (exact) mass is 262 g/mol. The van der Waals surface area contributed by atoms with Crippen LogP contribution in [-0.2, 0) is 4.74 Å². The van der Waals surface area contributed by atoms with Gasteiger partial charge >= 0.3 is 5.97 Å². The first-order valence-electron chi connectivity index (χ1n) is 5.93. The zero-order chi connectivity index (χ0) is 13.4. The van der Waals surface area contributed by atoms with Gasteiger partial charge in [-0.05, 0) is 18.9 Å². The lowest BCUT2D eigenvalue weighted by atomic mass is 10.2. The number of ether oxygens (including phenoxy) is 1. The van der Waals surface area contributed by atoms with Gasteiger partial charge in [-0.25, -0.2) is 20.3 Å². The molecule has 0 bridgehead atoms. The van der Waals surface area contributed by atoms with Crippen LogP contribution in [-0.4, -0.2) is 23.9 Å². The largest absolute Gasteiger partial charge is 0.465 e. The number of hydrogen-bond donors (Lipinski definition) is 3. The highest BCUT2D eigenvalue weighted by Crippen LogP contribution is 2.35. The van der Waals surface area contributed by atoms with Crippen molar-refractivity contribution in [2.75, 3.05) is 17.9 Å². The molecule has 3 rings (SSSR count). The van der Waals surface area contributed by atoms with Crippen molar-refractivity contribution >= 4 is 23.3 Å². The first-order valence-corrected chi connectivity index (χ1v) is 5.93. The fraction of sp³-hybridized carbons (Fsp3) is 0.364. The number of hydrogen-bond acceptors (Lipinski definition) is 8. The SMILES string of the molecule is COC(=O)c1cnc(N)c(N2NNN=C2C2CC2)c1. The molecule has 1 fully saturated rings. The number of nitrogens with two attached hydrogens (primary N) is 1. The van der Waals surface area contributed by atoms with E-state index in [4.69, 9.17) is 5.73 Å². The number of methoxy groups -OCH3 is 1. The minimum atomic E-state index is -0.453. The van der Waals surface area contributed by atoms with Crippen LogP contribution in [0.5, 0.6) is 0 Å². The highest BCUT2D eigenvalue weighted by atomic mass is 16.5. The van der Waals surface area contributed by atoms with Gasteiger partial charge in [-0.15, -0.1) is 10.6 Å². The normalized spacial score (nSPS) is 17.9. The summed E-state index contributed by atoms with van der Waals surface area (Å²) < 4.78 is 4.68. The van der Waals surface area contributed by atoms with Crippen LogP contribution >= 0.6 is 0 Å². The van der Waals surface area contributed by atoms with Gasteiger partial charge in [0, 0.05) is 12.1 Å². The zero-order valence-corrected chi connectivity index (χ0v) is 10.4. The molecule has 0 unspecified atom stereocenters. The smallest absolute Gasteiger partial charge is 0.339 e. The standard InChI is InChI=1S/C11H14N6O2/c1-19-11(18)7-4-8(9(12)13-5-7)17-10(6-2-3-6)14-15-16-17/h4-6,15-16H,2-3H2,1H3,(H2,12,13). The van der Waals surface area contributed by atoms with Crippen molar-refractivity contribution in [2.24, 2.45) is 11.0 Å². The van der Waals surface area contributed by atoms with Crippen molar-refractivity contribution in [3.63, 3.8) is 0 Å². The molecule has 8 heteroatoms. The Morgan fingerprint density at radius 2 is 2.37 bits per heavy atom. The fourth-order valence-corrected chi connectivity index (χ4v) is 1.91. The summed E-state index contributed by atoms with van der Waals surface area (Å²) in [5.74, 6) is 1.14. The molecular weight excluding hydrogens is 248 g/mol. The van der Waals surface area contributed by atoms with Gasteiger partial charge in [0.2, 0.25) is 0 Å². The van der Waals surface area contributed by atoms with Gasteiger partial charge in [-0.1, -0.05) is 0 Å². The molecule has 8 nitrogen and oxygen atoms in total. The molecule has 1 aromatic rings. The van der Waals surface area contributed by atoms with E-state index >= 15 is 0 Å². The number of esters is 1. The molecule has 0 radical (unpaired) electrons. The number of nitrogens with zero attached hydrogens (tertiary/aromatic N) is 3. The van der Waals surface area contributed by atoms with E-state index in [1.165, 1.54) is 13.3 Å². The molecule has 1 aromatic heterocycles. The Kier molecular flexibility index (Phi) is 2.71. The van der Waals surface area contributed by atoms with Gasteiger partial charge in [0.25, 0.3) is 0 Å². The highest BCUT2D eigenvalue weighted by Gasteiger charge is 2.35. The van der Waals surface area contributed by atoms with Crippen LogP contribution in [0.25, 0.3) is 0 Å². The van der Waals surface area contributed by atoms with Crippen molar-refractivity contribution < 1.29 is 9.53 Å². The van der Waals surface area contributed by atoms with Crippen molar-refractivity contribution in [1.82, 2.24) is 16.1 Å². The molecule has 100 valence electrons. The first-order chi connectivity index (χ1) is 9.20. The van der Waals surface area contributed by atoms with E-state index in [0.717, 1.165) is 18.7 Å². The number of anilines is 2. The van der Waals surface area contributed by atoms with Crippen LogP contribution in [0, 0.1) is 5.92 Å². The Morgan fingerprint density at radius 3 is 3.05 bits per heavy atom. The third kappa shape index (κ3) is 2.06. The topological polar surface area (TPSA) is 105 Å². The number of carbonyl (C=O) groups is 1. The minimum Gasteiger partial charge on any atom is -0.465 e. The molecule has 0 amide bonds. The molecule has 0 aromatic carbocycles. The summed E-state index contributed by atoms with van der Waals surface area (Å²) in [6, 6.07) is 1.63. The van der Waals surface area contributed by atoms with E-state index in [0.29, 0.717) is 23.0 Å². The number of aromatic nitrogens is 1. The Labute approximate surface area is 109 Å². The number of hydrazine groups is 2. The van der Waals surface area contributed by atoms with Crippen LogP contribution < -0.4 is 21.8 Å². The van der Waals surface area contributed by atoms with Gasteiger partial charge in [-0.3, -0.25) is 0 Å². The number of pyridine rings is 1. The summed E-state index contributed by atoms with van der Waals surface area (Å²) in [5, 5.41) is 5.89. The van der Waals surface area contributed by atoms with Crippen LogP contribution in [0.1, 0.15) is 23.2 Å². The summed E-state index contributed by atoms with van der Waals surface area (Å²) in [7, 11) is 1.32. The van der Waals surface area contributed by atoms with Gasteiger partial charge in [0.15, 0.2) is 0 Å². The minimum absolute atomic E-state index is 0.317. The van der Waals surface area contributed by atoms with Gasteiger partial charge < -0.3 is 10.5 Å². The molecule has 0 spiro atoms. The Balaban J connectivity index is 1.95. The number of carbonyl (C=O) groups excluding carboxylic acids is 1. The predicted octanol–water partition coefficient (Wildman–Crippen LogP) is 0.00310. The number of nitrogens with one attached hydrogen (secondary N) is 2. The molecule has 1 aliphatic carbocycles. The number of hydrazone groups is 1. The fourth-order valence-electron chi connectivity index (χ4n) is 1.91. The van der Waals surface area contributed by atoms with Gasteiger partial charge in [0.05, 0.1) is 12.7 Å². The second-order valence-electron chi connectivity index (χ2n) is 4.42.